The van der Waals surface area contributed by atoms with Crippen molar-refractivity contribution in [3.63, 3.8) is 0 Å². The summed E-state index contributed by atoms with van der Waals surface area (Å²) in [5.41, 5.74) is 2.82. The molecule has 114 valence electrons. The normalized spacial score (nSPS) is 18.0. The molecule has 21 heavy (non-hydrogen) atoms. The summed E-state index contributed by atoms with van der Waals surface area (Å²) in [5, 5.41) is 9.90. The van der Waals surface area contributed by atoms with Gasteiger partial charge in [-0.25, -0.2) is 0 Å². The Morgan fingerprint density at radius 2 is 2.05 bits per heavy atom. The summed E-state index contributed by atoms with van der Waals surface area (Å²) in [4.78, 5) is 0. The van der Waals surface area contributed by atoms with E-state index in [-0.39, 0.29) is 5.41 Å². The van der Waals surface area contributed by atoms with Crippen LogP contribution in [0.1, 0.15) is 45.7 Å². The van der Waals surface area contributed by atoms with Gasteiger partial charge in [-0.3, -0.25) is 4.68 Å². The fourth-order valence-electron chi connectivity index (χ4n) is 2.96. The van der Waals surface area contributed by atoms with Gasteiger partial charge in [-0.1, -0.05) is 32.0 Å². The van der Waals surface area contributed by atoms with Gasteiger partial charge in [-0.15, -0.1) is 0 Å². The number of hydrogen-bond acceptors (Lipinski definition) is 2. The van der Waals surface area contributed by atoms with Crippen molar-refractivity contribution in [2.24, 2.45) is 5.41 Å². The van der Waals surface area contributed by atoms with E-state index in [0.29, 0.717) is 0 Å². The lowest BCUT2D eigenvalue weighted by Crippen LogP contribution is -2.34. The molecule has 1 aliphatic carbocycles. The standard InChI is InChI=1S/C18H27N3/c1-4-18(3,13-19-14-10-11-14)12-16-15-8-6-7-9-17(15)21(5-2)20-16/h6-9,14,19H,4-5,10-13H2,1-3H3. The molecule has 1 unspecified atom stereocenters. The van der Waals surface area contributed by atoms with Gasteiger partial charge in [0.1, 0.15) is 0 Å². The number of hydrogen-bond donors (Lipinski definition) is 1. The Balaban J connectivity index is 1.84. The second-order valence-electron chi connectivity index (χ2n) is 6.78. The summed E-state index contributed by atoms with van der Waals surface area (Å²) in [5.74, 6) is 0. The molecule has 0 aliphatic heterocycles. The summed E-state index contributed by atoms with van der Waals surface area (Å²) in [6.07, 6.45) is 4.94. The van der Waals surface area contributed by atoms with Crippen LogP contribution in [-0.2, 0) is 13.0 Å². The highest BCUT2D eigenvalue weighted by Gasteiger charge is 2.29. The molecule has 1 aromatic heterocycles. The molecule has 0 saturated heterocycles. The maximum absolute atomic E-state index is 4.87. The Hall–Kier alpha value is -1.35. The van der Waals surface area contributed by atoms with Crippen molar-refractivity contribution in [1.82, 2.24) is 15.1 Å². The summed E-state index contributed by atoms with van der Waals surface area (Å²) in [6.45, 7) is 8.89. The van der Waals surface area contributed by atoms with E-state index in [9.17, 15) is 0 Å². The number of fused-ring (bicyclic) bond motifs is 1. The fraction of sp³-hybridized carbons (Fsp3) is 0.611. The Labute approximate surface area is 127 Å². The van der Waals surface area contributed by atoms with E-state index in [2.05, 4.69) is 55.0 Å². The van der Waals surface area contributed by atoms with Crippen molar-refractivity contribution in [1.29, 1.82) is 0 Å². The van der Waals surface area contributed by atoms with E-state index in [1.165, 1.54) is 35.9 Å². The molecule has 3 heteroatoms. The minimum absolute atomic E-state index is 0.290. The van der Waals surface area contributed by atoms with E-state index in [4.69, 9.17) is 5.10 Å². The van der Waals surface area contributed by atoms with Crippen LogP contribution in [0.15, 0.2) is 24.3 Å². The van der Waals surface area contributed by atoms with Gasteiger partial charge in [0, 0.05) is 24.5 Å². The van der Waals surface area contributed by atoms with Gasteiger partial charge < -0.3 is 5.32 Å². The van der Waals surface area contributed by atoms with Crippen LogP contribution in [-0.4, -0.2) is 22.4 Å². The molecule has 1 aromatic carbocycles. The highest BCUT2D eigenvalue weighted by Crippen LogP contribution is 2.30. The number of rotatable bonds is 7. The van der Waals surface area contributed by atoms with Crippen LogP contribution < -0.4 is 5.32 Å². The minimum atomic E-state index is 0.290. The van der Waals surface area contributed by atoms with Crippen LogP contribution in [0, 0.1) is 5.41 Å². The van der Waals surface area contributed by atoms with Crippen molar-refractivity contribution in [2.75, 3.05) is 6.54 Å². The highest BCUT2D eigenvalue weighted by molar-refractivity contribution is 5.82. The number of para-hydroxylation sites is 1. The average Bonchev–Trinajstić information content (AvgIpc) is 3.28. The van der Waals surface area contributed by atoms with Crippen LogP contribution in [0.4, 0.5) is 0 Å². The zero-order valence-corrected chi connectivity index (χ0v) is 13.5. The third-order valence-corrected chi connectivity index (χ3v) is 4.88. The molecule has 1 N–H and O–H groups in total. The summed E-state index contributed by atoms with van der Waals surface area (Å²) < 4.78 is 2.13. The van der Waals surface area contributed by atoms with Gasteiger partial charge in [-0.05, 0) is 44.1 Å². The number of aryl methyl sites for hydroxylation is 1. The van der Waals surface area contributed by atoms with Crippen molar-refractivity contribution in [3.8, 4) is 0 Å². The number of nitrogens with one attached hydrogen (secondary N) is 1. The van der Waals surface area contributed by atoms with Gasteiger partial charge in [-0.2, -0.15) is 5.10 Å². The molecule has 0 radical (unpaired) electrons. The molecule has 0 amide bonds. The zero-order valence-electron chi connectivity index (χ0n) is 13.5. The third-order valence-electron chi connectivity index (χ3n) is 4.88. The number of benzene rings is 1. The zero-order chi connectivity index (χ0) is 14.9. The number of nitrogens with zero attached hydrogens (tertiary/aromatic N) is 2. The molecule has 1 saturated carbocycles. The van der Waals surface area contributed by atoms with E-state index in [1.807, 2.05) is 0 Å². The molecule has 0 bridgehead atoms. The minimum Gasteiger partial charge on any atom is -0.313 e. The first-order valence-corrected chi connectivity index (χ1v) is 8.33. The second kappa shape index (κ2) is 5.80. The first-order chi connectivity index (χ1) is 10.1. The van der Waals surface area contributed by atoms with Gasteiger partial charge in [0.05, 0.1) is 11.2 Å². The highest BCUT2D eigenvalue weighted by atomic mass is 15.3. The maximum atomic E-state index is 4.87. The van der Waals surface area contributed by atoms with Gasteiger partial charge in [0.25, 0.3) is 0 Å². The molecule has 2 aromatic rings. The van der Waals surface area contributed by atoms with Crippen molar-refractivity contribution in [2.45, 2.75) is 59.0 Å². The topological polar surface area (TPSA) is 29.9 Å². The smallest absolute Gasteiger partial charge is 0.0709 e. The Morgan fingerprint density at radius 1 is 1.29 bits per heavy atom. The van der Waals surface area contributed by atoms with Gasteiger partial charge in [0.2, 0.25) is 0 Å². The van der Waals surface area contributed by atoms with Gasteiger partial charge >= 0.3 is 0 Å². The van der Waals surface area contributed by atoms with E-state index in [1.54, 1.807) is 0 Å². The molecular weight excluding hydrogens is 258 g/mol. The van der Waals surface area contributed by atoms with Crippen LogP contribution in [0.2, 0.25) is 0 Å². The van der Waals surface area contributed by atoms with Crippen LogP contribution >= 0.6 is 0 Å². The molecule has 3 nitrogen and oxygen atoms in total. The second-order valence-corrected chi connectivity index (χ2v) is 6.78. The van der Waals surface area contributed by atoms with Crippen molar-refractivity contribution in [3.05, 3.63) is 30.0 Å². The SMILES string of the molecule is CCn1nc(CC(C)(CC)CNC2CC2)c2ccccc21. The molecule has 1 fully saturated rings. The Bertz CT molecular complexity index is 612. The molecular formula is C18H27N3. The lowest BCUT2D eigenvalue weighted by molar-refractivity contribution is 0.286. The van der Waals surface area contributed by atoms with Crippen LogP contribution in [0.3, 0.4) is 0 Å². The molecule has 1 aliphatic rings. The van der Waals surface area contributed by atoms with E-state index in [0.717, 1.165) is 25.6 Å². The van der Waals surface area contributed by atoms with Crippen molar-refractivity contribution >= 4 is 10.9 Å². The molecule has 3 rings (SSSR count). The predicted octanol–water partition coefficient (Wildman–Crippen LogP) is 3.77. The number of aromatic nitrogens is 2. The lowest BCUT2D eigenvalue weighted by Gasteiger charge is -2.28. The summed E-state index contributed by atoms with van der Waals surface area (Å²) in [6, 6.07) is 9.41. The largest absolute Gasteiger partial charge is 0.313 e. The maximum Gasteiger partial charge on any atom is 0.0709 e. The molecule has 1 heterocycles. The first kappa shape index (κ1) is 14.6. The van der Waals surface area contributed by atoms with Gasteiger partial charge in [0.15, 0.2) is 0 Å². The quantitative estimate of drug-likeness (QED) is 0.839. The lowest BCUT2D eigenvalue weighted by atomic mass is 9.82. The third kappa shape index (κ3) is 3.13. The van der Waals surface area contributed by atoms with Crippen molar-refractivity contribution < 1.29 is 0 Å². The van der Waals surface area contributed by atoms with Crippen LogP contribution in [0.25, 0.3) is 10.9 Å². The predicted molar refractivity (Wildman–Crippen MR) is 88.5 cm³/mol. The summed E-state index contributed by atoms with van der Waals surface area (Å²) in [7, 11) is 0. The fourth-order valence-corrected chi connectivity index (χ4v) is 2.96. The Kier molecular flexibility index (Phi) is 4.03. The molecule has 0 spiro atoms. The average molecular weight is 285 g/mol. The van der Waals surface area contributed by atoms with E-state index >= 15 is 0 Å². The Morgan fingerprint density at radius 3 is 2.71 bits per heavy atom. The summed E-state index contributed by atoms with van der Waals surface area (Å²) >= 11 is 0. The first-order valence-electron chi connectivity index (χ1n) is 8.33. The van der Waals surface area contributed by atoms with E-state index < -0.39 is 0 Å². The van der Waals surface area contributed by atoms with Crippen LogP contribution in [0.5, 0.6) is 0 Å². The monoisotopic (exact) mass is 285 g/mol. The molecule has 1 atom stereocenters.